The predicted octanol–water partition coefficient (Wildman–Crippen LogP) is 2.92. The van der Waals surface area contributed by atoms with Crippen LogP contribution >= 0.6 is 0 Å². The van der Waals surface area contributed by atoms with Crippen LogP contribution in [0.15, 0.2) is 12.1 Å². The first-order valence-corrected chi connectivity index (χ1v) is 5.08. The van der Waals surface area contributed by atoms with Gasteiger partial charge in [0.2, 0.25) is 0 Å². The van der Waals surface area contributed by atoms with E-state index in [9.17, 15) is 8.78 Å². The third-order valence-electron chi connectivity index (χ3n) is 3.18. The van der Waals surface area contributed by atoms with Crippen molar-refractivity contribution in [2.75, 3.05) is 7.11 Å². The largest absolute Gasteiger partial charge is 0.496 e. The normalized spacial score (nSPS) is 17.4. The van der Waals surface area contributed by atoms with E-state index in [-0.39, 0.29) is 5.75 Å². The van der Waals surface area contributed by atoms with Crippen molar-refractivity contribution >= 4 is 0 Å². The molecule has 0 bridgehead atoms. The zero-order chi connectivity index (χ0) is 11.8. The molecular weight excluding hydrogens is 212 g/mol. The molecule has 4 heteroatoms. The topological polar surface area (TPSA) is 33.0 Å². The van der Waals surface area contributed by atoms with Crippen LogP contribution in [0.2, 0.25) is 0 Å². The number of nitriles is 1. The van der Waals surface area contributed by atoms with Gasteiger partial charge in [0, 0.05) is 11.6 Å². The molecule has 84 valence electrons. The summed E-state index contributed by atoms with van der Waals surface area (Å²) in [7, 11) is 1.39. The van der Waals surface area contributed by atoms with Crippen LogP contribution in [0.1, 0.15) is 24.8 Å². The number of ether oxygens (including phenoxy) is 1. The Hall–Kier alpha value is -1.63. The number of methoxy groups -OCH3 is 1. The summed E-state index contributed by atoms with van der Waals surface area (Å²) < 4.78 is 31.2. The van der Waals surface area contributed by atoms with E-state index in [1.165, 1.54) is 7.11 Å². The molecule has 0 N–H and O–H groups in total. The summed E-state index contributed by atoms with van der Waals surface area (Å²) in [6.07, 6.45) is 2.27. The second-order valence-corrected chi connectivity index (χ2v) is 4.01. The molecule has 0 heterocycles. The monoisotopic (exact) mass is 223 g/mol. The molecule has 16 heavy (non-hydrogen) atoms. The van der Waals surface area contributed by atoms with Crippen LogP contribution in [0, 0.1) is 23.0 Å². The third-order valence-corrected chi connectivity index (χ3v) is 3.18. The van der Waals surface area contributed by atoms with Gasteiger partial charge in [-0.05, 0) is 25.3 Å². The van der Waals surface area contributed by atoms with E-state index in [4.69, 9.17) is 10.00 Å². The molecule has 2 nitrogen and oxygen atoms in total. The number of nitrogens with zero attached hydrogens (tertiary/aromatic N) is 1. The molecule has 1 fully saturated rings. The molecule has 0 aliphatic heterocycles. The first-order chi connectivity index (χ1) is 7.63. The van der Waals surface area contributed by atoms with Gasteiger partial charge in [0.25, 0.3) is 0 Å². The fourth-order valence-electron chi connectivity index (χ4n) is 2.04. The maximum absolute atomic E-state index is 13.2. The van der Waals surface area contributed by atoms with Crippen LogP contribution in [0.3, 0.4) is 0 Å². The van der Waals surface area contributed by atoms with Gasteiger partial charge in [0.05, 0.1) is 18.6 Å². The van der Waals surface area contributed by atoms with Crippen LogP contribution in [-0.2, 0) is 5.41 Å². The van der Waals surface area contributed by atoms with Crippen LogP contribution < -0.4 is 4.74 Å². The van der Waals surface area contributed by atoms with E-state index in [1.807, 2.05) is 0 Å². The Labute approximate surface area is 92.5 Å². The first-order valence-electron chi connectivity index (χ1n) is 5.08. The lowest BCUT2D eigenvalue weighted by Gasteiger charge is -2.36. The van der Waals surface area contributed by atoms with Crippen molar-refractivity contribution in [2.45, 2.75) is 24.7 Å². The van der Waals surface area contributed by atoms with Gasteiger partial charge in [0.15, 0.2) is 11.6 Å². The maximum Gasteiger partial charge on any atom is 0.162 e. The van der Waals surface area contributed by atoms with Crippen LogP contribution in [0.25, 0.3) is 0 Å². The van der Waals surface area contributed by atoms with E-state index in [1.54, 1.807) is 0 Å². The van der Waals surface area contributed by atoms with Crippen molar-refractivity contribution in [3.8, 4) is 11.8 Å². The average Bonchev–Trinajstić information content (AvgIpc) is 2.22. The summed E-state index contributed by atoms with van der Waals surface area (Å²) in [6, 6.07) is 4.27. The number of halogens is 2. The highest BCUT2D eigenvalue weighted by Gasteiger charge is 2.41. The maximum atomic E-state index is 13.2. The van der Waals surface area contributed by atoms with Crippen molar-refractivity contribution < 1.29 is 13.5 Å². The number of hydrogen-bond donors (Lipinski definition) is 0. The molecule has 1 aromatic rings. The molecule has 1 aliphatic carbocycles. The lowest BCUT2D eigenvalue weighted by molar-refractivity contribution is 0.303. The Morgan fingerprint density at radius 1 is 1.31 bits per heavy atom. The molecular formula is C12H11F2NO. The van der Waals surface area contributed by atoms with Gasteiger partial charge >= 0.3 is 0 Å². The van der Waals surface area contributed by atoms with Gasteiger partial charge < -0.3 is 4.74 Å². The molecule has 0 unspecified atom stereocenters. The van der Waals surface area contributed by atoms with E-state index in [2.05, 4.69) is 6.07 Å². The number of hydrogen-bond acceptors (Lipinski definition) is 2. The van der Waals surface area contributed by atoms with Gasteiger partial charge in [-0.25, -0.2) is 8.78 Å². The van der Waals surface area contributed by atoms with E-state index >= 15 is 0 Å². The van der Waals surface area contributed by atoms with Crippen molar-refractivity contribution in [3.05, 3.63) is 29.3 Å². The van der Waals surface area contributed by atoms with Gasteiger partial charge in [0.1, 0.15) is 5.75 Å². The van der Waals surface area contributed by atoms with Gasteiger partial charge in [-0.3, -0.25) is 0 Å². The lowest BCUT2D eigenvalue weighted by atomic mass is 9.65. The summed E-state index contributed by atoms with van der Waals surface area (Å²) in [5.74, 6) is -1.63. The summed E-state index contributed by atoms with van der Waals surface area (Å²) in [4.78, 5) is 0. The summed E-state index contributed by atoms with van der Waals surface area (Å²) in [5.41, 5.74) is -0.234. The summed E-state index contributed by atoms with van der Waals surface area (Å²) >= 11 is 0. The molecule has 2 rings (SSSR count). The van der Waals surface area contributed by atoms with Gasteiger partial charge in [-0.1, -0.05) is 0 Å². The first kappa shape index (κ1) is 10.9. The molecule has 0 radical (unpaired) electrons. The van der Waals surface area contributed by atoms with E-state index in [0.717, 1.165) is 18.6 Å². The van der Waals surface area contributed by atoms with Crippen LogP contribution in [-0.4, -0.2) is 7.11 Å². The van der Waals surface area contributed by atoms with Crippen molar-refractivity contribution in [3.63, 3.8) is 0 Å². The van der Waals surface area contributed by atoms with Crippen LogP contribution in [0.5, 0.6) is 5.75 Å². The Kier molecular flexibility index (Phi) is 2.55. The second-order valence-electron chi connectivity index (χ2n) is 4.01. The number of benzene rings is 1. The highest BCUT2D eigenvalue weighted by atomic mass is 19.2. The Bertz CT molecular complexity index is 461. The average molecular weight is 223 g/mol. The summed E-state index contributed by atoms with van der Waals surface area (Å²) in [5, 5.41) is 9.15. The van der Waals surface area contributed by atoms with Crippen molar-refractivity contribution in [2.24, 2.45) is 0 Å². The van der Waals surface area contributed by atoms with E-state index < -0.39 is 17.0 Å². The smallest absolute Gasteiger partial charge is 0.162 e. The second kappa shape index (κ2) is 3.75. The zero-order valence-corrected chi connectivity index (χ0v) is 8.89. The van der Waals surface area contributed by atoms with Gasteiger partial charge in [-0.15, -0.1) is 0 Å². The zero-order valence-electron chi connectivity index (χ0n) is 8.89. The molecule has 0 saturated heterocycles. The minimum Gasteiger partial charge on any atom is -0.496 e. The van der Waals surface area contributed by atoms with Crippen molar-refractivity contribution in [1.29, 1.82) is 5.26 Å². The quantitative estimate of drug-likeness (QED) is 0.772. The third kappa shape index (κ3) is 1.44. The highest BCUT2D eigenvalue weighted by Crippen LogP contribution is 2.47. The molecule has 1 aromatic carbocycles. The highest BCUT2D eigenvalue weighted by molar-refractivity contribution is 5.46. The van der Waals surface area contributed by atoms with E-state index in [0.29, 0.717) is 18.4 Å². The van der Waals surface area contributed by atoms with Crippen molar-refractivity contribution in [1.82, 2.24) is 0 Å². The molecule has 0 aromatic heterocycles. The standard InChI is InChI=1S/C12H11F2NO/c1-16-11-6-10(14)9(13)5-8(11)12(7-15)3-2-4-12/h5-6H,2-4H2,1H3. The van der Waals surface area contributed by atoms with Crippen LogP contribution in [0.4, 0.5) is 8.78 Å². The molecule has 0 atom stereocenters. The fourth-order valence-corrected chi connectivity index (χ4v) is 2.04. The lowest BCUT2D eigenvalue weighted by Crippen LogP contribution is -2.33. The Morgan fingerprint density at radius 2 is 1.94 bits per heavy atom. The van der Waals surface area contributed by atoms with Gasteiger partial charge in [-0.2, -0.15) is 5.26 Å². The minimum atomic E-state index is -0.951. The Balaban J connectivity index is 2.55. The number of rotatable bonds is 2. The SMILES string of the molecule is COc1cc(F)c(F)cc1C1(C#N)CCC1. The minimum absolute atomic E-state index is 0.250. The molecule has 0 spiro atoms. The fraction of sp³-hybridized carbons (Fsp3) is 0.417. The summed E-state index contributed by atoms with van der Waals surface area (Å²) in [6.45, 7) is 0. The molecule has 0 amide bonds. The molecule has 1 saturated carbocycles. The Morgan fingerprint density at radius 3 is 2.38 bits per heavy atom. The predicted molar refractivity (Wildman–Crippen MR) is 54.1 cm³/mol. The molecule has 1 aliphatic rings.